The zero-order valence-electron chi connectivity index (χ0n) is 7.31. The first-order valence-corrected chi connectivity index (χ1v) is 4.46. The number of ether oxygens (including phenoxy) is 1. The van der Waals surface area contributed by atoms with Crippen LogP contribution in [0.25, 0.3) is 0 Å². The minimum atomic E-state index is -5.07. The van der Waals surface area contributed by atoms with Gasteiger partial charge in [-0.1, -0.05) is 0 Å². The van der Waals surface area contributed by atoms with Gasteiger partial charge in [0.2, 0.25) is 6.08 Å². The molecule has 0 unspecified atom stereocenters. The number of alkyl halides is 3. The molecule has 0 heterocycles. The van der Waals surface area contributed by atoms with Gasteiger partial charge >= 0.3 is 6.36 Å². The standard InChI is InChI=1S/C8H2BrF4NO2/c9-4-1-2-5(10)7(6(4)14-3-15)16-8(11,12)13/h1-2H. The van der Waals surface area contributed by atoms with Crippen molar-refractivity contribution in [3.63, 3.8) is 0 Å². The van der Waals surface area contributed by atoms with E-state index in [0.717, 1.165) is 18.2 Å². The number of isocyanates is 1. The van der Waals surface area contributed by atoms with Crippen molar-refractivity contribution in [1.29, 1.82) is 0 Å². The average Bonchev–Trinajstić information content (AvgIpc) is 2.15. The van der Waals surface area contributed by atoms with Crippen LogP contribution in [0.1, 0.15) is 0 Å². The van der Waals surface area contributed by atoms with Gasteiger partial charge < -0.3 is 4.74 Å². The van der Waals surface area contributed by atoms with E-state index in [9.17, 15) is 22.4 Å². The van der Waals surface area contributed by atoms with Crippen LogP contribution in [0.5, 0.6) is 5.75 Å². The van der Waals surface area contributed by atoms with Crippen LogP contribution in [0.2, 0.25) is 0 Å². The largest absolute Gasteiger partial charge is 0.573 e. The number of halogens is 5. The van der Waals surface area contributed by atoms with Crippen LogP contribution in [0, 0.1) is 5.82 Å². The smallest absolute Gasteiger partial charge is 0.400 e. The Morgan fingerprint density at radius 2 is 2.00 bits per heavy atom. The molecule has 0 aliphatic heterocycles. The average molecular weight is 300 g/mol. The van der Waals surface area contributed by atoms with Crippen molar-refractivity contribution in [3.8, 4) is 5.75 Å². The molecule has 8 heteroatoms. The predicted octanol–water partition coefficient (Wildman–Crippen LogP) is 3.45. The third kappa shape index (κ3) is 3.04. The minimum absolute atomic E-state index is 0.0171. The highest BCUT2D eigenvalue weighted by molar-refractivity contribution is 9.10. The fraction of sp³-hybridized carbons (Fsp3) is 0.125. The van der Waals surface area contributed by atoms with Gasteiger partial charge in [-0.3, -0.25) is 0 Å². The first-order chi connectivity index (χ1) is 7.35. The van der Waals surface area contributed by atoms with Crippen molar-refractivity contribution < 1.29 is 27.1 Å². The summed E-state index contributed by atoms with van der Waals surface area (Å²) < 4.78 is 52.2. The Kier molecular flexibility index (Phi) is 3.66. The van der Waals surface area contributed by atoms with Gasteiger partial charge in [-0.05, 0) is 28.1 Å². The Hall–Kier alpha value is -1.40. The molecule has 0 bridgehead atoms. The normalized spacial score (nSPS) is 10.8. The third-order valence-corrected chi connectivity index (χ3v) is 2.05. The van der Waals surface area contributed by atoms with Gasteiger partial charge in [-0.25, -0.2) is 9.18 Å². The predicted molar refractivity (Wildman–Crippen MR) is 48.6 cm³/mol. The van der Waals surface area contributed by atoms with E-state index in [2.05, 4.69) is 25.7 Å². The first-order valence-electron chi connectivity index (χ1n) is 3.67. The van der Waals surface area contributed by atoms with Crippen molar-refractivity contribution in [2.24, 2.45) is 4.99 Å². The van der Waals surface area contributed by atoms with Crippen LogP contribution >= 0.6 is 15.9 Å². The van der Waals surface area contributed by atoms with Crippen molar-refractivity contribution in [2.75, 3.05) is 0 Å². The molecule has 1 rings (SSSR count). The van der Waals surface area contributed by atoms with E-state index in [4.69, 9.17) is 0 Å². The number of carbonyl (C=O) groups excluding carboxylic acids is 1. The first kappa shape index (κ1) is 12.7. The molecule has 0 atom stereocenters. The minimum Gasteiger partial charge on any atom is -0.400 e. The van der Waals surface area contributed by atoms with Crippen LogP contribution in [-0.4, -0.2) is 12.4 Å². The Bertz CT molecular complexity index is 454. The molecule has 1 aromatic carbocycles. The summed E-state index contributed by atoms with van der Waals surface area (Å²) in [6, 6.07) is 1.84. The number of aliphatic imine (C=N–C) groups is 1. The summed E-state index contributed by atoms with van der Waals surface area (Å²) in [4.78, 5) is 12.9. The summed E-state index contributed by atoms with van der Waals surface area (Å²) in [6.45, 7) is 0. The maximum Gasteiger partial charge on any atom is 0.573 e. The fourth-order valence-corrected chi connectivity index (χ4v) is 1.29. The summed E-state index contributed by atoms with van der Waals surface area (Å²) in [7, 11) is 0. The second kappa shape index (κ2) is 4.63. The lowest BCUT2D eigenvalue weighted by molar-refractivity contribution is -0.275. The lowest BCUT2D eigenvalue weighted by atomic mass is 10.3. The summed E-state index contributed by atoms with van der Waals surface area (Å²) in [5, 5.41) is 0. The van der Waals surface area contributed by atoms with Crippen LogP contribution < -0.4 is 4.74 Å². The van der Waals surface area contributed by atoms with E-state index in [1.807, 2.05) is 0 Å². The van der Waals surface area contributed by atoms with Gasteiger partial charge in [0.15, 0.2) is 11.6 Å². The molecule has 0 amide bonds. The number of benzene rings is 1. The molecule has 0 saturated heterocycles. The van der Waals surface area contributed by atoms with Gasteiger partial charge in [0.05, 0.1) is 0 Å². The molecule has 86 valence electrons. The lowest BCUT2D eigenvalue weighted by Crippen LogP contribution is -2.18. The van der Waals surface area contributed by atoms with Crippen molar-refractivity contribution in [3.05, 3.63) is 22.4 Å². The summed E-state index contributed by atoms with van der Waals surface area (Å²) >= 11 is 2.80. The number of hydrogen-bond acceptors (Lipinski definition) is 3. The molecule has 0 aromatic heterocycles. The van der Waals surface area contributed by atoms with Crippen LogP contribution in [0.4, 0.5) is 23.2 Å². The maximum absolute atomic E-state index is 13.0. The van der Waals surface area contributed by atoms with Gasteiger partial charge in [0.25, 0.3) is 0 Å². The molecule has 0 radical (unpaired) electrons. The van der Waals surface area contributed by atoms with Crippen LogP contribution in [0.15, 0.2) is 21.6 Å². The molecule has 0 aliphatic rings. The molecule has 0 N–H and O–H groups in total. The Morgan fingerprint density at radius 3 is 2.50 bits per heavy atom. The van der Waals surface area contributed by atoms with Gasteiger partial charge in [0.1, 0.15) is 5.69 Å². The summed E-state index contributed by atoms with van der Waals surface area (Å²) in [5.74, 6) is -2.46. The van der Waals surface area contributed by atoms with Crippen LogP contribution in [0.3, 0.4) is 0 Å². The lowest BCUT2D eigenvalue weighted by Gasteiger charge is -2.11. The molecular weight excluding hydrogens is 298 g/mol. The Labute approximate surface area is 94.9 Å². The SMILES string of the molecule is O=C=Nc1c(Br)ccc(F)c1OC(F)(F)F. The van der Waals surface area contributed by atoms with Gasteiger partial charge in [-0.2, -0.15) is 4.99 Å². The topological polar surface area (TPSA) is 38.7 Å². The second-order valence-electron chi connectivity index (χ2n) is 2.46. The summed E-state index contributed by atoms with van der Waals surface area (Å²) in [6.07, 6.45) is -4.07. The Balaban J connectivity index is 3.34. The number of hydrogen-bond donors (Lipinski definition) is 0. The number of rotatable bonds is 2. The van der Waals surface area contributed by atoms with E-state index in [1.54, 1.807) is 0 Å². The third-order valence-electron chi connectivity index (χ3n) is 1.41. The molecule has 0 fully saturated rings. The van der Waals surface area contributed by atoms with Gasteiger partial charge in [0, 0.05) is 4.47 Å². The van der Waals surface area contributed by atoms with Crippen LogP contribution in [-0.2, 0) is 4.79 Å². The maximum atomic E-state index is 13.0. The van der Waals surface area contributed by atoms with Crippen molar-refractivity contribution in [1.82, 2.24) is 0 Å². The zero-order valence-corrected chi connectivity index (χ0v) is 8.89. The zero-order chi connectivity index (χ0) is 12.3. The monoisotopic (exact) mass is 299 g/mol. The molecule has 16 heavy (non-hydrogen) atoms. The molecular formula is C8H2BrF4NO2. The van der Waals surface area contributed by atoms with E-state index < -0.39 is 23.6 Å². The number of nitrogens with zero attached hydrogens (tertiary/aromatic N) is 1. The molecule has 1 aromatic rings. The van der Waals surface area contributed by atoms with Gasteiger partial charge in [-0.15, -0.1) is 13.2 Å². The van der Waals surface area contributed by atoms with E-state index in [0.29, 0.717) is 0 Å². The summed E-state index contributed by atoms with van der Waals surface area (Å²) in [5.41, 5.74) is -0.604. The van der Waals surface area contributed by atoms with Crippen molar-refractivity contribution >= 4 is 27.7 Å². The molecule has 0 saturated carbocycles. The Morgan fingerprint density at radius 1 is 1.38 bits per heavy atom. The van der Waals surface area contributed by atoms with Crippen molar-refractivity contribution in [2.45, 2.75) is 6.36 Å². The molecule has 0 aliphatic carbocycles. The fourth-order valence-electron chi connectivity index (χ4n) is 0.885. The van der Waals surface area contributed by atoms with E-state index >= 15 is 0 Å². The quantitative estimate of drug-likeness (QED) is 0.476. The van der Waals surface area contributed by atoms with E-state index in [1.165, 1.54) is 0 Å². The molecule has 0 spiro atoms. The highest BCUT2D eigenvalue weighted by atomic mass is 79.9. The second-order valence-corrected chi connectivity index (χ2v) is 3.31. The highest BCUT2D eigenvalue weighted by Gasteiger charge is 2.34. The van der Waals surface area contributed by atoms with E-state index in [-0.39, 0.29) is 4.47 Å². The highest BCUT2D eigenvalue weighted by Crippen LogP contribution is 2.39. The molecule has 3 nitrogen and oxygen atoms in total.